The largest absolute Gasteiger partial charge is 0.390 e. The van der Waals surface area contributed by atoms with Crippen molar-refractivity contribution in [3.63, 3.8) is 0 Å². The molecule has 4 N–H and O–H groups in total. The van der Waals surface area contributed by atoms with Crippen molar-refractivity contribution < 1.29 is 10.2 Å². The van der Waals surface area contributed by atoms with E-state index in [0.29, 0.717) is 26.2 Å². The highest BCUT2D eigenvalue weighted by Crippen LogP contribution is 2.06. The average molecular weight is 297 g/mol. The van der Waals surface area contributed by atoms with E-state index in [1.807, 2.05) is 12.1 Å². The van der Waals surface area contributed by atoms with Crippen molar-refractivity contribution >= 4 is 24.8 Å². The number of hydrogen-bond donors (Lipinski definition) is 4. The lowest BCUT2D eigenvalue weighted by Gasteiger charge is -1.99. The monoisotopic (exact) mass is 296 g/mol. The molecule has 0 aliphatic carbocycles. The summed E-state index contributed by atoms with van der Waals surface area (Å²) in [6.45, 7) is 2.41. The Morgan fingerprint density at radius 3 is 1.22 bits per heavy atom. The highest BCUT2D eigenvalue weighted by molar-refractivity contribution is 5.85. The van der Waals surface area contributed by atoms with Gasteiger partial charge in [0.15, 0.2) is 0 Å². The van der Waals surface area contributed by atoms with Gasteiger partial charge in [0.2, 0.25) is 0 Å². The fourth-order valence-electron chi connectivity index (χ4n) is 1.59. The standard InChI is InChI=1S/2C5H8N2O.2ClH/c2*6-1-4-2-7-3-5(4)8;;/h2*4-5,7-8H,2-3H2;2*1H/t2*4-,5-;;/m10../s1. The molecular weight excluding hydrogens is 279 g/mol. The first-order valence-corrected chi connectivity index (χ1v) is 5.25. The van der Waals surface area contributed by atoms with E-state index in [9.17, 15) is 0 Å². The Morgan fingerprint density at radius 2 is 1.11 bits per heavy atom. The number of halogens is 2. The van der Waals surface area contributed by atoms with Crippen LogP contribution in [0.4, 0.5) is 0 Å². The highest BCUT2D eigenvalue weighted by Gasteiger charge is 2.24. The Morgan fingerprint density at radius 1 is 0.778 bits per heavy atom. The maximum absolute atomic E-state index is 8.90. The van der Waals surface area contributed by atoms with Gasteiger partial charge in [-0.25, -0.2) is 0 Å². The fraction of sp³-hybridized carbons (Fsp3) is 0.800. The summed E-state index contributed by atoms with van der Waals surface area (Å²) in [4.78, 5) is 0. The van der Waals surface area contributed by atoms with E-state index in [1.54, 1.807) is 0 Å². The van der Waals surface area contributed by atoms with Crippen molar-refractivity contribution in [3.05, 3.63) is 0 Å². The molecule has 0 aromatic heterocycles. The zero-order valence-electron chi connectivity index (χ0n) is 9.74. The molecule has 0 saturated carbocycles. The number of nitrogens with one attached hydrogen (secondary N) is 2. The first-order valence-electron chi connectivity index (χ1n) is 5.25. The van der Waals surface area contributed by atoms with E-state index in [0.717, 1.165) is 0 Å². The zero-order valence-corrected chi connectivity index (χ0v) is 11.4. The number of rotatable bonds is 0. The molecule has 0 aromatic rings. The molecule has 0 bridgehead atoms. The van der Waals surface area contributed by atoms with Gasteiger partial charge in [0.25, 0.3) is 0 Å². The van der Waals surface area contributed by atoms with Crippen molar-refractivity contribution in [1.29, 1.82) is 10.5 Å². The van der Waals surface area contributed by atoms with Gasteiger partial charge in [-0.05, 0) is 0 Å². The average Bonchev–Trinajstić information content (AvgIpc) is 2.87. The van der Waals surface area contributed by atoms with Gasteiger partial charge in [-0.2, -0.15) is 10.5 Å². The maximum Gasteiger partial charge on any atom is 0.0859 e. The van der Waals surface area contributed by atoms with Crippen LogP contribution in [0.25, 0.3) is 0 Å². The summed E-state index contributed by atoms with van der Waals surface area (Å²) in [7, 11) is 0. The summed E-state index contributed by atoms with van der Waals surface area (Å²) in [5.74, 6) is -0.370. The number of nitriles is 2. The fourth-order valence-corrected chi connectivity index (χ4v) is 1.59. The van der Waals surface area contributed by atoms with Crippen LogP contribution in [0.3, 0.4) is 0 Å². The van der Waals surface area contributed by atoms with Crippen LogP contribution in [0.1, 0.15) is 0 Å². The minimum Gasteiger partial charge on any atom is -0.390 e. The second-order valence-electron chi connectivity index (χ2n) is 3.92. The minimum atomic E-state index is -0.444. The molecule has 0 radical (unpaired) electrons. The molecule has 2 heterocycles. The summed E-state index contributed by atoms with van der Waals surface area (Å²) in [5, 5.41) is 40.2. The molecule has 2 aliphatic rings. The topological polar surface area (TPSA) is 112 Å². The van der Waals surface area contributed by atoms with Crippen molar-refractivity contribution in [1.82, 2.24) is 10.6 Å². The van der Waals surface area contributed by atoms with E-state index >= 15 is 0 Å². The molecule has 2 fully saturated rings. The van der Waals surface area contributed by atoms with Crippen molar-refractivity contribution in [2.45, 2.75) is 12.2 Å². The summed E-state index contributed by atoms with van der Waals surface area (Å²) in [6.07, 6.45) is -0.889. The van der Waals surface area contributed by atoms with Gasteiger partial charge in [-0.15, -0.1) is 24.8 Å². The van der Waals surface area contributed by atoms with Gasteiger partial charge in [-0.3, -0.25) is 0 Å². The lowest BCUT2D eigenvalue weighted by molar-refractivity contribution is 0.170. The predicted molar refractivity (Wildman–Crippen MR) is 70.5 cm³/mol. The Labute approximate surface area is 119 Å². The summed E-state index contributed by atoms with van der Waals surface area (Å²) in [6, 6.07) is 4.00. The third-order valence-electron chi connectivity index (χ3n) is 2.70. The van der Waals surface area contributed by atoms with Crippen LogP contribution in [0.15, 0.2) is 0 Å². The summed E-state index contributed by atoms with van der Waals surface area (Å²) in [5.41, 5.74) is 0. The van der Waals surface area contributed by atoms with Crippen molar-refractivity contribution in [3.8, 4) is 12.1 Å². The van der Waals surface area contributed by atoms with E-state index in [2.05, 4.69) is 10.6 Å². The van der Waals surface area contributed by atoms with E-state index in [1.165, 1.54) is 0 Å². The van der Waals surface area contributed by atoms with E-state index in [4.69, 9.17) is 20.7 Å². The van der Waals surface area contributed by atoms with Crippen LogP contribution in [-0.4, -0.2) is 48.6 Å². The maximum atomic E-state index is 8.90. The Bertz CT molecular complexity index is 275. The molecule has 0 unspecified atom stereocenters. The third-order valence-corrected chi connectivity index (χ3v) is 2.70. The molecule has 0 spiro atoms. The van der Waals surface area contributed by atoms with Gasteiger partial charge in [0, 0.05) is 26.2 Å². The van der Waals surface area contributed by atoms with Crippen molar-refractivity contribution in [2.75, 3.05) is 26.2 Å². The minimum absolute atomic E-state index is 0. The van der Waals surface area contributed by atoms with Crippen LogP contribution in [-0.2, 0) is 0 Å². The van der Waals surface area contributed by atoms with E-state index < -0.39 is 12.2 Å². The van der Waals surface area contributed by atoms with Gasteiger partial charge >= 0.3 is 0 Å². The molecule has 104 valence electrons. The van der Waals surface area contributed by atoms with Crippen LogP contribution in [0, 0.1) is 34.5 Å². The third kappa shape index (κ3) is 5.83. The molecular formula is C10H18Cl2N4O2. The molecule has 0 amide bonds. The van der Waals surface area contributed by atoms with Gasteiger partial charge in [0.05, 0.1) is 36.2 Å². The predicted octanol–water partition coefficient (Wildman–Crippen LogP) is -0.976. The summed E-state index contributed by atoms with van der Waals surface area (Å²) >= 11 is 0. The van der Waals surface area contributed by atoms with Gasteiger partial charge < -0.3 is 20.8 Å². The molecule has 18 heavy (non-hydrogen) atoms. The number of aliphatic hydroxyl groups excluding tert-OH is 2. The van der Waals surface area contributed by atoms with Crippen LogP contribution < -0.4 is 10.6 Å². The molecule has 8 heteroatoms. The highest BCUT2D eigenvalue weighted by atomic mass is 35.5. The van der Waals surface area contributed by atoms with Crippen LogP contribution in [0.5, 0.6) is 0 Å². The number of nitrogens with zero attached hydrogens (tertiary/aromatic N) is 2. The Balaban J connectivity index is 0. The number of hydrogen-bond acceptors (Lipinski definition) is 6. The quantitative estimate of drug-likeness (QED) is 0.457. The smallest absolute Gasteiger partial charge is 0.0859 e. The SMILES string of the molecule is Cl.Cl.N#C[C@@H]1CNC[C@H]1O.N#C[C@H]1CNC[C@@H]1O. The molecule has 0 aromatic carbocycles. The second-order valence-corrected chi connectivity index (χ2v) is 3.92. The second kappa shape index (κ2) is 10.3. The molecule has 2 saturated heterocycles. The number of β-amino-alcohol motifs (C(OH)–C–C–N with tert-alkyl or cyclic N) is 2. The first-order chi connectivity index (χ1) is 7.69. The molecule has 2 aliphatic heterocycles. The van der Waals surface area contributed by atoms with Crippen molar-refractivity contribution in [2.24, 2.45) is 11.8 Å². The first kappa shape index (κ1) is 19.7. The molecule has 2 rings (SSSR count). The lowest BCUT2D eigenvalue weighted by Crippen LogP contribution is -2.15. The van der Waals surface area contributed by atoms with Crippen LogP contribution >= 0.6 is 24.8 Å². The zero-order chi connectivity index (χ0) is 12.0. The lowest BCUT2D eigenvalue weighted by atomic mass is 10.1. The molecule has 6 nitrogen and oxygen atoms in total. The van der Waals surface area contributed by atoms with Gasteiger partial charge in [0.1, 0.15) is 0 Å². The van der Waals surface area contributed by atoms with Crippen LogP contribution in [0.2, 0.25) is 0 Å². The Kier molecular flexibility index (Phi) is 11.3. The summed E-state index contributed by atoms with van der Waals surface area (Å²) < 4.78 is 0. The normalized spacial score (nSPS) is 32.9. The number of aliphatic hydroxyl groups is 2. The van der Waals surface area contributed by atoms with Gasteiger partial charge in [-0.1, -0.05) is 0 Å². The Hall–Kier alpha value is -0.600. The molecule has 4 atom stereocenters. The van der Waals surface area contributed by atoms with E-state index in [-0.39, 0.29) is 36.6 Å².